The molecule has 2 aliphatic heterocycles. The van der Waals surface area contributed by atoms with Gasteiger partial charge in [0.05, 0.1) is 12.5 Å². The Hall–Kier alpha value is -0.610. The summed E-state index contributed by atoms with van der Waals surface area (Å²) in [4.78, 5) is 11.8. The molecule has 2 saturated heterocycles. The molecule has 3 rings (SSSR count). The van der Waals surface area contributed by atoms with E-state index in [9.17, 15) is 4.79 Å². The molecule has 1 aliphatic carbocycles. The van der Waals surface area contributed by atoms with Crippen molar-refractivity contribution in [2.45, 2.75) is 37.8 Å². The maximum absolute atomic E-state index is 11.8. The summed E-state index contributed by atoms with van der Waals surface area (Å²) in [6.07, 6.45) is 4.13. The van der Waals surface area contributed by atoms with Crippen molar-refractivity contribution in [3.8, 4) is 0 Å². The Bertz CT molecular complexity index is 260. The van der Waals surface area contributed by atoms with Crippen LogP contribution in [0.15, 0.2) is 0 Å². The highest BCUT2D eigenvalue weighted by Gasteiger charge is 2.53. The highest BCUT2D eigenvalue weighted by Crippen LogP contribution is 2.41. The lowest BCUT2D eigenvalue weighted by molar-refractivity contribution is -0.125. The number of ether oxygens (including phenoxy) is 1. The molecule has 1 amide bonds. The van der Waals surface area contributed by atoms with Crippen LogP contribution in [0.5, 0.6) is 0 Å². The standard InChI is InChI=1S/C12H20N2O2/c15-11(5-8-3-1-2-4-16-8)14-12-9-6-13-7-10(9)12/h8-10,12-13H,1-7H2,(H,14,15). The van der Waals surface area contributed by atoms with Gasteiger partial charge in [-0.25, -0.2) is 0 Å². The molecule has 3 aliphatic rings. The van der Waals surface area contributed by atoms with Gasteiger partial charge in [-0.3, -0.25) is 4.79 Å². The zero-order valence-corrected chi connectivity index (χ0v) is 9.58. The molecule has 0 aromatic carbocycles. The van der Waals surface area contributed by atoms with Crippen LogP contribution in [0.25, 0.3) is 0 Å². The molecule has 3 unspecified atom stereocenters. The van der Waals surface area contributed by atoms with Crippen LogP contribution in [0.4, 0.5) is 0 Å². The third kappa shape index (κ3) is 2.09. The van der Waals surface area contributed by atoms with E-state index in [-0.39, 0.29) is 12.0 Å². The molecule has 16 heavy (non-hydrogen) atoms. The van der Waals surface area contributed by atoms with Crippen molar-refractivity contribution < 1.29 is 9.53 Å². The number of rotatable bonds is 3. The number of hydrogen-bond donors (Lipinski definition) is 2. The van der Waals surface area contributed by atoms with Gasteiger partial charge in [0, 0.05) is 25.7 Å². The van der Waals surface area contributed by atoms with E-state index < -0.39 is 0 Å². The minimum absolute atomic E-state index is 0.172. The molecule has 2 heterocycles. The molecule has 3 fully saturated rings. The van der Waals surface area contributed by atoms with E-state index in [1.165, 1.54) is 6.42 Å². The summed E-state index contributed by atoms with van der Waals surface area (Å²) in [5.41, 5.74) is 0. The van der Waals surface area contributed by atoms with Crippen molar-refractivity contribution in [2.75, 3.05) is 19.7 Å². The molecule has 0 spiro atoms. The Morgan fingerprint density at radius 1 is 1.31 bits per heavy atom. The lowest BCUT2D eigenvalue weighted by atomic mass is 10.1. The van der Waals surface area contributed by atoms with E-state index in [1.54, 1.807) is 0 Å². The van der Waals surface area contributed by atoms with Gasteiger partial charge in [-0.2, -0.15) is 0 Å². The zero-order valence-electron chi connectivity index (χ0n) is 9.58. The zero-order chi connectivity index (χ0) is 11.0. The summed E-state index contributed by atoms with van der Waals surface area (Å²) in [7, 11) is 0. The first-order valence-electron chi connectivity index (χ1n) is 6.46. The quantitative estimate of drug-likeness (QED) is 0.724. The summed E-state index contributed by atoms with van der Waals surface area (Å²) in [6.45, 7) is 2.99. The Morgan fingerprint density at radius 3 is 2.81 bits per heavy atom. The number of amides is 1. The molecular weight excluding hydrogens is 204 g/mol. The predicted octanol–water partition coefficient (Wildman–Crippen LogP) is 0.280. The minimum Gasteiger partial charge on any atom is -0.378 e. The molecule has 0 radical (unpaired) electrons. The van der Waals surface area contributed by atoms with Crippen LogP contribution in [-0.2, 0) is 9.53 Å². The number of nitrogens with one attached hydrogen (secondary N) is 2. The largest absolute Gasteiger partial charge is 0.378 e. The second kappa shape index (κ2) is 4.34. The van der Waals surface area contributed by atoms with Crippen LogP contribution in [0, 0.1) is 11.8 Å². The van der Waals surface area contributed by atoms with E-state index in [1.807, 2.05) is 0 Å². The molecule has 0 bridgehead atoms. The van der Waals surface area contributed by atoms with E-state index in [0.29, 0.717) is 24.3 Å². The summed E-state index contributed by atoms with van der Waals surface area (Å²) in [5, 5.41) is 6.47. The van der Waals surface area contributed by atoms with Crippen molar-refractivity contribution >= 4 is 5.91 Å². The van der Waals surface area contributed by atoms with E-state index in [0.717, 1.165) is 32.5 Å². The molecule has 4 heteroatoms. The van der Waals surface area contributed by atoms with Crippen molar-refractivity contribution in [1.82, 2.24) is 10.6 Å². The van der Waals surface area contributed by atoms with Crippen LogP contribution < -0.4 is 10.6 Å². The molecule has 90 valence electrons. The summed E-state index contributed by atoms with van der Waals surface area (Å²) < 4.78 is 5.57. The maximum atomic E-state index is 11.8. The van der Waals surface area contributed by atoms with Crippen molar-refractivity contribution in [2.24, 2.45) is 11.8 Å². The van der Waals surface area contributed by atoms with Crippen LogP contribution in [-0.4, -0.2) is 37.7 Å². The summed E-state index contributed by atoms with van der Waals surface area (Å²) in [5.74, 6) is 1.60. The molecule has 3 atom stereocenters. The Kier molecular flexibility index (Phi) is 2.86. The summed E-state index contributed by atoms with van der Waals surface area (Å²) in [6, 6.07) is 0.456. The second-order valence-corrected chi connectivity index (χ2v) is 5.27. The SMILES string of the molecule is O=C(CC1CCCCO1)NC1C2CNCC21. The Balaban J connectivity index is 1.40. The molecule has 0 aromatic heterocycles. The van der Waals surface area contributed by atoms with Gasteiger partial charge < -0.3 is 15.4 Å². The van der Waals surface area contributed by atoms with E-state index in [4.69, 9.17) is 4.74 Å². The minimum atomic E-state index is 0.172. The lowest BCUT2D eigenvalue weighted by Crippen LogP contribution is -2.35. The Labute approximate surface area is 96.1 Å². The highest BCUT2D eigenvalue weighted by molar-refractivity contribution is 5.77. The average molecular weight is 224 g/mol. The second-order valence-electron chi connectivity index (χ2n) is 5.27. The van der Waals surface area contributed by atoms with Crippen molar-refractivity contribution in [3.63, 3.8) is 0 Å². The van der Waals surface area contributed by atoms with Crippen LogP contribution in [0.1, 0.15) is 25.7 Å². The van der Waals surface area contributed by atoms with E-state index in [2.05, 4.69) is 10.6 Å². The third-order valence-electron chi connectivity index (χ3n) is 4.11. The smallest absolute Gasteiger partial charge is 0.222 e. The number of fused-ring (bicyclic) bond motifs is 1. The maximum Gasteiger partial charge on any atom is 0.222 e. The molecular formula is C12H20N2O2. The van der Waals surface area contributed by atoms with Crippen LogP contribution in [0.3, 0.4) is 0 Å². The fourth-order valence-electron chi connectivity index (χ4n) is 3.05. The van der Waals surface area contributed by atoms with Gasteiger partial charge in [0.1, 0.15) is 0 Å². The van der Waals surface area contributed by atoms with Crippen molar-refractivity contribution in [1.29, 1.82) is 0 Å². The molecule has 1 saturated carbocycles. The van der Waals surface area contributed by atoms with Crippen LogP contribution >= 0.6 is 0 Å². The normalized spacial score (nSPS) is 41.5. The molecule has 4 nitrogen and oxygen atoms in total. The van der Waals surface area contributed by atoms with Gasteiger partial charge in [-0.1, -0.05) is 0 Å². The van der Waals surface area contributed by atoms with Crippen molar-refractivity contribution in [3.05, 3.63) is 0 Å². The fourth-order valence-corrected chi connectivity index (χ4v) is 3.05. The summed E-state index contributed by atoms with van der Waals surface area (Å²) >= 11 is 0. The number of carbonyl (C=O) groups is 1. The average Bonchev–Trinajstić information content (AvgIpc) is 2.76. The van der Waals surface area contributed by atoms with Gasteiger partial charge in [0.2, 0.25) is 5.91 Å². The predicted molar refractivity (Wildman–Crippen MR) is 60.0 cm³/mol. The third-order valence-corrected chi connectivity index (χ3v) is 4.11. The number of hydrogen-bond acceptors (Lipinski definition) is 3. The highest BCUT2D eigenvalue weighted by atomic mass is 16.5. The molecule has 0 aromatic rings. The number of carbonyl (C=O) groups excluding carboxylic acids is 1. The first kappa shape index (κ1) is 10.5. The number of piperidine rings is 1. The van der Waals surface area contributed by atoms with Gasteiger partial charge >= 0.3 is 0 Å². The first-order valence-corrected chi connectivity index (χ1v) is 6.46. The molecule has 2 N–H and O–H groups in total. The lowest BCUT2D eigenvalue weighted by Gasteiger charge is -2.22. The Morgan fingerprint density at radius 2 is 2.12 bits per heavy atom. The van der Waals surface area contributed by atoms with Gasteiger partial charge in [0.25, 0.3) is 0 Å². The monoisotopic (exact) mass is 224 g/mol. The topological polar surface area (TPSA) is 50.4 Å². The fraction of sp³-hybridized carbons (Fsp3) is 0.917. The van der Waals surface area contributed by atoms with Gasteiger partial charge in [0.15, 0.2) is 0 Å². The van der Waals surface area contributed by atoms with E-state index >= 15 is 0 Å². The van der Waals surface area contributed by atoms with Gasteiger partial charge in [-0.05, 0) is 31.1 Å². The van der Waals surface area contributed by atoms with Gasteiger partial charge in [-0.15, -0.1) is 0 Å². The first-order chi connectivity index (χ1) is 7.84. The van der Waals surface area contributed by atoms with Crippen LogP contribution in [0.2, 0.25) is 0 Å².